The van der Waals surface area contributed by atoms with E-state index in [-0.39, 0.29) is 40.6 Å². The summed E-state index contributed by atoms with van der Waals surface area (Å²) >= 11 is 0. The molecule has 0 aliphatic carbocycles. The molecule has 0 spiro atoms. The molecule has 4 rings (SSSR count). The van der Waals surface area contributed by atoms with Crippen molar-refractivity contribution in [2.45, 2.75) is 13.0 Å². The summed E-state index contributed by atoms with van der Waals surface area (Å²) in [5, 5.41) is 11.3. The van der Waals surface area contributed by atoms with E-state index in [0.717, 1.165) is 17.7 Å². The van der Waals surface area contributed by atoms with Crippen LogP contribution >= 0.6 is 0 Å². The predicted molar refractivity (Wildman–Crippen MR) is 122 cm³/mol. The van der Waals surface area contributed by atoms with Gasteiger partial charge in [-0.05, 0) is 35.9 Å². The number of nitrogens with one attached hydrogen (secondary N) is 2. The average Bonchev–Trinajstić information content (AvgIpc) is 2.79. The number of hydrogen-bond acceptors (Lipinski definition) is 4. The van der Waals surface area contributed by atoms with Crippen LogP contribution in [0.4, 0.5) is 14.5 Å². The second kappa shape index (κ2) is 9.89. The van der Waals surface area contributed by atoms with Gasteiger partial charge >= 0.3 is 0 Å². The van der Waals surface area contributed by atoms with E-state index in [4.69, 9.17) is 5.26 Å². The number of amides is 1. The smallest absolute Gasteiger partial charge is 0.261 e. The molecule has 2 aromatic heterocycles. The average molecular weight is 464 g/mol. The maximum absolute atomic E-state index is 14.2. The van der Waals surface area contributed by atoms with Crippen LogP contribution in [-0.2, 0) is 13.0 Å². The van der Waals surface area contributed by atoms with Crippen molar-refractivity contribution in [3.63, 3.8) is 0 Å². The first kappa shape index (κ1) is 24.0. The monoisotopic (exact) mass is 464 g/mol. The number of carbonyl (C=O) groups excluding carboxylic acids is 1. The third-order valence-electron chi connectivity index (χ3n) is 5.09. The van der Waals surface area contributed by atoms with Gasteiger partial charge < -0.3 is 20.3 Å². The molecule has 8 nitrogen and oxygen atoms in total. The second-order valence-corrected chi connectivity index (χ2v) is 7.27. The number of H-pyrrole nitrogens is 1. The van der Waals surface area contributed by atoms with Crippen LogP contribution in [0.25, 0.3) is 11.0 Å². The molecule has 0 saturated carbocycles. The molecule has 0 aliphatic heterocycles. The molecular formula is C24H18F2N4O4. The normalized spacial score (nSPS) is 10.4. The first-order valence-electron chi connectivity index (χ1n) is 9.84. The van der Waals surface area contributed by atoms with Crippen molar-refractivity contribution < 1.29 is 19.1 Å². The SMILES string of the molecule is N#CCc1ccc(NC(=O)c2cn(Cc3c(F)cccc3F)c3ccc(=O)[nH]c3c2=O)cc1.O. The Morgan fingerprint density at radius 2 is 1.71 bits per heavy atom. The minimum absolute atomic E-state index is 0. The molecule has 172 valence electrons. The molecule has 34 heavy (non-hydrogen) atoms. The molecule has 0 unspecified atom stereocenters. The molecule has 1 amide bonds. The number of anilines is 1. The Kier molecular flexibility index (Phi) is 6.99. The molecule has 0 aliphatic rings. The fraction of sp³-hybridized carbons (Fsp3) is 0.0833. The number of carbonyl (C=O) groups is 1. The topological polar surface area (TPSA) is 139 Å². The first-order valence-corrected chi connectivity index (χ1v) is 9.84. The molecule has 10 heteroatoms. The number of benzene rings is 2. The van der Waals surface area contributed by atoms with Gasteiger partial charge in [-0.15, -0.1) is 0 Å². The van der Waals surface area contributed by atoms with E-state index < -0.39 is 28.5 Å². The Morgan fingerprint density at radius 1 is 1.03 bits per heavy atom. The van der Waals surface area contributed by atoms with Crippen molar-refractivity contribution >= 4 is 22.6 Å². The van der Waals surface area contributed by atoms with Gasteiger partial charge in [0.2, 0.25) is 11.0 Å². The number of halogens is 2. The molecule has 4 N–H and O–H groups in total. The lowest BCUT2D eigenvalue weighted by atomic mass is 10.1. The first-order chi connectivity index (χ1) is 15.9. The van der Waals surface area contributed by atoms with Crippen molar-refractivity contribution in [3.05, 3.63) is 110 Å². The summed E-state index contributed by atoms with van der Waals surface area (Å²) in [6, 6.07) is 14.5. The van der Waals surface area contributed by atoms with Crippen molar-refractivity contribution in [3.8, 4) is 6.07 Å². The quantitative estimate of drug-likeness (QED) is 0.468. The van der Waals surface area contributed by atoms with Gasteiger partial charge in [-0.1, -0.05) is 18.2 Å². The summed E-state index contributed by atoms with van der Waals surface area (Å²) in [5.41, 5.74) is -0.672. The lowest BCUT2D eigenvalue weighted by molar-refractivity contribution is 0.102. The molecule has 2 aromatic carbocycles. The van der Waals surface area contributed by atoms with Gasteiger partial charge in [-0.3, -0.25) is 14.4 Å². The van der Waals surface area contributed by atoms with E-state index >= 15 is 0 Å². The number of rotatable bonds is 5. The lowest BCUT2D eigenvalue weighted by Crippen LogP contribution is -2.26. The number of pyridine rings is 2. The third kappa shape index (κ3) is 4.74. The van der Waals surface area contributed by atoms with Crippen LogP contribution in [0.15, 0.2) is 70.4 Å². The van der Waals surface area contributed by atoms with Crippen LogP contribution in [0.3, 0.4) is 0 Å². The second-order valence-electron chi connectivity index (χ2n) is 7.27. The number of nitrogens with zero attached hydrogens (tertiary/aromatic N) is 2. The highest BCUT2D eigenvalue weighted by Crippen LogP contribution is 2.18. The van der Waals surface area contributed by atoms with Crippen LogP contribution < -0.4 is 16.3 Å². The number of fused-ring (bicyclic) bond motifs is 1. The fourth-order valence-electron chi connectivity index (χ4n) is 3.44. The molecule has 2 heterocycles. The van der Waals surface area contributed by atoms with Crippen molar-refractivity contribution in [2.24, 2.45) is 0 Å². The third-order valence-corrected chi connectivity index (χ3v) is 5.09. The van der Waals surface area contributed by atoms with Gasteiger partial charge in [-0.2, -0.15) is 5.26 Å². The molecular weight excluding hydrogens is 446 g/mol. The molecule has 0 atom stereocenters. The summed E-state index contributed by atoms with van der Waals surface area (Å²) in [6.07, 6.45) is 1.41. The minimum atomic E-state index is -0.783. The number of nitriles is 1. The number of aromatic amines is 1. The molecule has 4 aromatic rings. The van der Waals surface area contributed by atoms with Crippen LogP contribution in [-0.4, -0.2) is 20.9 Å². The van der Waals surface area contributed by atoms with Crippen LogP contribution in [0, 0.1) is 23.0 Å². The Balaban J connectivity index is 0.00000324. The highest BCUT2D eigenvalue weighted by atomic mass is 19.1. The highest BCUT2D eigenvalue weighted by molar-refractivity contribution is 6.05. The minimum Gasteiger partial charge on any atom is -0.412 e. The largest absolute Gasteiger partial charge is 0.412 e. The van der Waals surface area contributed by atoms with Crippen LogP contribution in [0.2, 0.25) is 0 Å². The number of aromatic nitrogens is 2. The van der Waals surface area contributed by atoms with Crippen molar-refractivity contribution in [1.82, 2.24) is 9.55 Å². The van der Waals surface area contributed by atoms with Gasteiger partial charge in [-0.25, -0.2) is 8.78 Å². The van der Waals surface area contributed by atoms with Crippen LogP contribution in [0.1, 0.15) is 21.5 Å². The lowest BCUT2D eigenvalue weighted by Gasteiger charge is -2.14. The van der Waals surface area contributed by atoms with Crippen LogP contribution in [0.5, 0.6) is 0 Å². The van der Waals surface area contributed by atoms with Gasteiger partial charge in [0.15, 0.2) is 0 Å². The van der Waals surface area contributed by atoms with E-state index in [0.29, 0.717) is 5.69 Å². The standard InChI is InChI=1S/C24H16F2N4O3.H2O/c25-18-2-1-3-19(26)16(18)12-30-13-17(23(32)22-20(30)8-9-21(31)29-22)24(33)28-15-6-4-14(5-7-15)10-11-27;/h1-9,13H,10,12H2,(H,28,33)(H,29,31);1H2. The Hall–Kier alpha value is -4.62. The molecule has 0 saturated heterocycles. The zero-order chi connectivity index (χ0) is 23.5. The Labute approximate surface area is 191 Å². The van der Waals surface area contributed by atoms with Crippen molar-refractivity contribution in [2.75, 3.05) is 5.32 Å². The Bertz CT molecular complexity index is 1520. The molecule has 0 bridgehead atoms. The van der Waals surface area contributed by atoms with Gasteiger partial charge in [0.25, 0.3) is 5.91 Å². The fourth-order valence-corrected chi connectivity index (χ4v) is 3.44. The van der Waals surface area contributed by atoms with E-state index in [2.05, 4.69) is 10.3 Å². The van der Waals surface area contributed by atoms with Crippen molar-refractivity contribution in [1.29, 1.82) is 5.26 Å². The highest BCUT2D eigenvalue weighted by Gasteiger charge is 2.18. The van der Waals surface area contributed by atoms with E-state index in [9.17, 15) is 23.2 Å². The van der Waals surface area contributed by atoms with Gasteiger partial charge in [0, 0.05) is 23.5 Å². The summed E-state index contributed by atoms with van der Waals surface area (Å²) in [6.45, 7) is -0.315. The van der Waals surface area contributed by atoms with E-state index in [1.807, 2.05) is 6.07 Å². The maximum Gasteiger partial charge on any atom is 0.261 e. The Morgan fingerprint density at radius 3 is 2.35 bits per heavy atom. The van der Waals surface area contributed by atoms with E-state index in [1.165, 1.54) is 29.0 Å². The maximum atomic E-state index is 14.2. The predicted octanol–water partition coefficient (Wildman–Crippen LogP) is 2.51. The number of hydrogen-bond donors (Lipinski definition) is 2. The zero-order valence-corrected chi connectivity index (χ0v) is 17.6. The van der Waals surface area contributed by atoms with E-state index in [1.54, 1.807) is 24.3 Å². The zero-order valence-electron chi connectivity index (χ0n) is 17.6. The van der Waals surface area contributed by atoms with Gasteiger partial charge in [0.05, 0.1) is 24.6 Å². The summed E-state index contributed by atoms with van der Waals surface area (Å²) < 4.78 is 29.8. The molecule has 0 radical (unpaired) electrons. The summed E-state index contributed by atoms with van der Waals surface area (Å²) in [4.78, 5) is 40.1. The van der Waals surface area contributed by atoms with Gasteiger partial charge in [0.1, 0.15) is 22.7 Å². The summed E-state index contributed by atoms with van der Waals surface area (Å²) in [5.74, 6) is -2.33. The summed E-state index contributed by atoms with van der Waals surface area (Å²) in [7, 11) is 0. The molecule has 0 fully saturated rings.